The van der Waals surface area contributed by atoms with Crippen molar-refractivity contribution in [2.24, 2.45) is 0 Å². The van der Waals surface area contributed by atoms with Gasteiger partial charge in [0, 0.05) is 25.7 Å². The molecule has 0 aromatic heterocycles. The predicted octanol–water partition coefficient (Wildman–Crippen LogP) is 1.92. The molecule has 2 rings (SSSR count). The lowest BCUT2D eigenvalue weighted by molar-refractivity contribution is -0.130. The average Bonchev–Trinajstić information content (AvgIpc) is 2.60. The first-order chi connectivity index (χ1) is 11.2. The summed E-state index contributed by atoms with van der Waals surface area (Å²) in [4.78, 5) is 14.4. The van der Waals surface area contributed by atoms with Crippen LogP contribution in [0.1, 0.15) is 24.8 Å². The van der Waals surface area contributed by atoms with Gasteiger partial charge in [-0.05, 0) is 43.3 Å². The number of piperidine rings is 1. The molecule has 1 amide bonds. The van der Waals surface area contributed by atoms with Crippen molar-refractivity contribution < 1.29 is 9.90 Å². The highest BCUT2D eigenvalue weighted by atomic mass is 32.2. The van der Waals surface area contributed by atoms with E-state index in [1.54, 1.807) is 11.8 Å². The zero-order valence-corrected chi connectivity index (χ0v) is 14.7. The summed E-state index contributed by atoms with van der Waals surface area (Å²) in [7, 11) is 0. The number of aliphatic hydroxyl groups excluding tert-OH is 1. The molecular formula is C18H28N2O2S. The Hall–Kier alpha value is -1.04. The Labute approximate surface area is 143 Å². The van der Waals surface area contributed by atoms with Gasteiger partial charge in [0.1, 0.15) is 6.10 Å². The normalized spacial score (nSPS) is 17.8. The Balaban J connectivity index is 1.64. The number of amides is 1. The van der Waals surface area contributed by atoms with Crippen molar-refractivity contribution in [3.63, 3.8) is 0 Å². The molecule has 0 radical (unpaired) electrons. The van der Waals surface area contributed by atoms with Gasteiger partial charge in [-0.15, -0.1) is 0 Å². The number of thioether (sulfide) groups is 1. The lowest BCUT2D eigenvalue weighted by Crippen LogP contribution is -2.47. The maximum atomic E-state index is 11.9. The fourth-order valence-corrected chi connectivity index (χ4v) is 3.35. The summed E-state index contributed by atoms with van der Waals surface area (Å²) >= 11 is 1.65. The smallest absolute Gasteiger partial charge is 0.249 e. The van der Waals surface area contributed by atoms with Gasteiger partial charge in [-0.2, -0.15) is 11.8 Å². The highest BCUT2D eigenvalue weighted by Gasteiger charge is 2.23. The topological polar surface area (TPSA) is 52.6 Å². The molecule has 5 heteroatoms. The lowest BCUT2D eigenvalue weighted by atomic mass is 10.0. The van der Waals surface area contributed by atoms with Crippen LogP contribution in [0.3, 0.4) is 0 Å². The summed E-state index contributed by atoms with van der Waals surface area (Å²) in [5, 5.41) is 12.8. The first-order valence-electron chi connectivity index (χ1n) is 8.42. The predicted molar refractivity (Wildman–Crippen MR) is 96.8 cm³/mol. The first-order valence-corrected chi connectivity index (χ1v) is 9.82. The second-order valence-electron chi connectivity index (χ2n) is 6.16. The molecule has 0 bridgehead atoms. The molecule has 2 N–H and O–H groups in total. The number of nitrogens with one attached hydrogen (secondary N) is 1. The second kappa shape index (κ2) is 9.96. The van der Waals surface area contributed by atoms with E-state index in [0.29, 0.717) is 6.42 Å². The fourth-order valence-electron chi connectivity index (χ4n) is 2.89. The molecule has 1 saturated heterocycles. The third-order valence-electron chi connectivity index (χ3n) is 4.39. The molecule has 1 aliphatic heterocycles. The van der Waals surface area contributed by atoms with Crippen LogP contribution >= 0.6 is 11.8 Å². The van der Waals surface area contributed by atoms with Crippen molar-refractivity contribution in [1.82, 2.24) is 10.2 Å². The standard InChI is InChI=1S/C18H28N2O2S/c1-23-14-10-17(21)18(22)19-16-8-12-20(13-9-16)11-7-15-5-3-2-4-6-15/h2-6,16-17,21H,7-14H2,1H3,(H,19,22). The molecule has 0 aliphatic carbocycles. The average molecular weight is 337 g/mol. The number of hydrogen-bond acceptors (Lipinski definition) is 4. The van der Waals surface area contributed by atoms with E-state index in [4.69, 9.17) is 0 Å². The van der Waals surface area contributed by atoms with E-state index in [1.165, 1.54) is 5.56 Å². The van der Waals surface area contributed by atoms with Crippen LogP contribution in [0, 0.1) is 0 Å². The van der Waals surface area contributed by atoms with Crippen molar-refractivity contribution in [1.29, 1.82) is 0 Å². The maximum Gasteiger partial charge on any atom is 0.249 e. The van der Waals surface area contributed by atoms with E-state index in [1.807, 2.05) is 12.3 Å². The van der Waals surface area contributed by atoms with Crippen molar-refractivity contribution in [2.75, 3.05) is 31.6 Å². The van der Waals surface area contributed by atoms with E-state index < -0.39 is 6.10 Å². The van der Waals surface area contributed by atoms with E-state index in [0.717, 1.165) is 44.6 Å². The van der Waals surface area contributed by atoms with Crippen LogP contribution in [0.25, 0.3) is 0 Å². The van der Waals surface area contributed by atoms with Crippen molar-refractivity contribution >= 4 is 17.7 Å². The zero-order chi connectivity index (χ0) is 16.5. The van der Waals surface area contributed by atoms with Crippen molar-refractivity contribution in [2.45, 2.75) is 37.8 Å². The van der Waals surface area contributed by atoms with Gasteiger partial charge in [-0.1, -0.05) is 30.3 Å². The molecule has 4 nitrogen and oxygen atoms in total. The second-order valence-corrected chi connectivity index (χ2v) is 7.14. The van der Waals surface area contributed by atoms with Crippen LogP contribution in [-0.2, 0) is 11.2 Å². The van der Waals surface area contributed by atoms with Crippen LogP contribution in [0.15, 0.2) is 30.3 Å². The van der Waals surface area contributed by atoms with Crippen LogP contribution < -0.4 is 5.32 Å². The number of benzene rings is 1. The maximum absolute atomic E-state index is 11.9. The van der Waals surface area contributed by atoms with Gasteiger partial charge in [0.25, 0.3) is 0 Å². The fraction of sp³-hybridized carbons (Fsp3) is 0.611. The van der Waals surface area contributed by atoms with Gasteiger partial charge < -0.3 is 15.3 Å². The Morgan fingerprint density at radius 3 is 2.70 bits per heavy atom. The van der Waals surface area contributed by atoms with Crippen molar-refractivity contribution in [3.8, 4) is 0 Å². The minimum Gasteiger partial charge on any atom is -0.383 e. The van der Waals surface area contributed by atoms with Gasteiger partial charge in [-0.3, -0.25) is 4.79 Å². The number of nitrogens with zero attached hydrogens (tertiary/aromatic N) is 1. The largest absolute Gasteiger partial charge is 0.383 e. The number of rotatable bonds is 8. The molecule has 23 heavy (non-hydrogen) atoms. The number of hydrogen-bond donors (Lipinski definition) is 2. The van der Waals surface area contributed by atoms with Gasteiger partial charge in [0.05, 0.1) is 0 Å². The Morgan fingerprint density at radius 2 is 2.04 bits per heavy atom. The Morgan fingerprint density at radius 1 is 1.35 bits per heavy atom. The highest BCUT2D eigenvalue weighted by molar-refractivity contribution is 7.98. The zero-order valence-electron chi connectivity index (χ0n) is 13.9. The van der Waals surface area contributed by atoms with E-state index in [-0.39, 0.29) is 11.9 Å². The number of carbonyl (C=O) groups excluding carboxylic acids is 1. The summed E-state index contributed by atoms with van der Waals surface area (Å²) < 4.78 is 0. The highest BCUT2D eigenvalue weighted by Crippen LogP contribution is 2.12. The summed E-state index contributed by atoms with van der Waals surface area (Å²) in [5.41, 5.74) is 1.37. The Bertz CT molecular complexity index is 461. The SMILES string of the molecule is CSCCC(O)C(=O)NC1CCN(CCc2ccccc2)CC1. The van der Waals surface area contributed by atoms with Crippen molar-refractivity contribution in [3.05, 3.63) is 35.9 Å². The van der Waals surface area contributed by atoms with Gasteiger partial charge in [0.15, 0.2) is 0 Å². The molecular weight excluding hydrogens is 308 g/mol. The van der Waals surface area contributed by atoms with E-state index >= 15 is 0 Å². The monoisotopic (exact) mass is 336 g/mol. The summed E-state index contributed by atoms with van der Waals surface area (Å²) in [6.45, 7) is 3.10. The van der Waals surface area contributed by atoms with Gasteiger partial charge >= 0.3 is 0 Å². The molecule has 0 saturated carbocycles. The first kappa shape index (κ1) is 18.3. The number of aliphatic hydroxyl groups is 1. The molecule has 1 heterocycles. The lowest BCUT2D eigenvalue weighted by Gasteiger charge is -2.32. The summed E-state index contributed by atoms with van der Waals surface area (Å²) in [6, 6.07) is 10.8. The number of likely N-dealkylation sites (tertiary alicyclic amines) is 1. The molecule has 128 valence electrons. The van der Waals surface area contributed by atoms with Crippen LogP contribution in [0.2, 0.25) is 0 Å². The van der Waals surface area contributed by atoms with Gasteiger partial charge in [-0.25, -0.2) is 0 Å². The van der Waals surface area contributed by atoms with E-state index in [9.17, 15) is 9.90 Å². The minimum atomic E-state index is -0.862. The van der Waals surface area contributed by atoms with E-state index in [2.05, 4.69) is 34.5 Å². The Kier molecular flexibility index (Phi) is 7.92. The van der Waals surface area contributed by atoms with Crippen LogP contribution in [0.4, 0.5) is 0 Å². The molecule has 1 aromatic rings. The summed E-state index contributed by atoms with van der Waals surface area (Å²) in [6.07, 6.45) is 4.66. The molecule has 0 spiro atoms. The molecule has 1 aromatic carbocycles. The minimum absolute atomic E-state index is 0.207. The molecule has 1 aliphatic rings. The quantitative estimate of drug-likeness (QED) is 0.762. The molecule has 1 fully saturated rings. The molecule has 1 atom stereocenters. The van der Waals surface area contributed by atoms with Crippen LogP contribution in [-0.4, -0.2) is 59.7 Å². The van der Waals surface area contributed by atoms with Gasteiger partial charge in [0.2, 0.25) is 5.91 Å². The summed E-state index contributed by atoms with van der Waals surface area (Å²) in [5.74, 6) is 0.605. The number of carbonyl (C=O) groups is 1. The van der Waals surface area contributed by atoms with Crippen LogP contribution in [0.5, 0.6) is 0 Å². The third kappa shape index (κ3) is 6.53. The molecule has 1 unspecified atom stereocenters. The third-order valence-corrected chi connectivity index (χ3v) is 5.04.